The zero-order valence-corrected chi connectivity index (χ0v) is 11.1. The molecule has 0 spiro atoms. The number of fused-ring (bicyclic) bond motifs is 1. The molecule has 96 valence electrons. The van der Waals surface area contributed by atoms with Crippen molar-refractivity contribution in [3.05, 3.63) is 18.6 Å². The Morgan fingerprint density at radius 2 is 2.11 bits per heavy atom. The van der Waals surface area contributed by atoms with Crippen molar-refractivity contribution in [3.8, 4) is 0 Å². The SMILES string of the molecule is Cn1cnc2c(NCC3(C)CCCC3)nccc21. The van der Waals surface area contributed by atoms with Crippen LogP contribution < -0.4 is 5.32 Å². The lowest BCUT2D eigenvalue weighted by molar-refractivity contribution is 0.362. The van der Waals surface area contributed by atoms with Crippen molar-refractivity contribution in [3.63, 3.8) is 0 Å². The largest absolute Gasteiger partial charge is 0.368 e. The van der Waals surface area contributed by atoms with Crippen LogP contribution in [0, 0.1) is 5.41 Å². The number of rotatable bonds is 3. The van der Waals surface area contributed by atoms with Gasteiger partial charge in [-0.25, -0.2) is 9.97 Å². The molecule has 2 aromatic rings. The summed E-state index contributed by atoms with van der Waals surface area (Å²) in [6, 6.07) is 2.00. The second kappa shape index (κ2) is 4.26. The Morgan fingerprint density at radius 1 is 1.33 bits per heavy atom. The van der Waals surface area contributed by atoms with Gasteiger partial charge in [-0.1, -0.05) is 19.8 Å². The van der Waals surface area contributed by atoms with Gasteiger partial charge in [-0.05, 0) is 24.3 Å². The Labute approximate surface area is 107 Å². The van der Waals surface area contributed by atoms with Crippen LogP contribution >= 0.6 is 0 Å². The summed E-state index contributed by atoms with van der Waals surface area (Å²) in [5, 5.41) is 3.50. The molecule has 18 heavy (non-hydrogen) atoms. The summed E-state index contributed by atoms with van der Waals surface area (Å²) >= 11 is 0. The fourth-order valence-electron chi connectivity index (χ4n) is 2.89. The Balaban J connectivity index is 1.82. The fourth-order valence-corrected chi connectivity index (χ4v) is 2.89. The quantitative estimate of drug-likeness (QED) is 0.902. The molecular formula is C14H20N4. The highest BCUT2D eigenvalue weighted by Gasteiger charge is 2.28. The minimum atomic E-state index is 0.429. The molecule has 0 atom stereocenters. The van der Waals surface area contributed by atoms with Gasteiger partial charge in [0.1, 0.15) is 5.52 Å². The van der Waals surface area contributed by atoms with Crippen LogP contribution in [0.25, 0.3) is 11.0 Å². The molecule has 1 aliphatic rings. The van der Waals surface area contributed by atoms with E-state index < -0.39 is 0 Å². The zero-order chi connectivity index (χ0) is 12.6. The fraction of sp³-hybridized carbons (Fsp3) is 0.571. The van der Waals surface area contributed by atoms with Gasteiger partial charge < -0.3 is 9.88 Å². The molecule has 1 saturated carbocycles. The van der Waals surface area contributed by atoms with Gasteiger partial charge in [-0.3, -0.25) is 0 Å². The summed E-state index contributed by atoms with van der Waals surface area (Å²) in [6.07, 6.45) is 9.05. The van der Waals surface area contributed by atoms with Crippen molar-refractivity contribution < 1.29 is 0 Å². The van der Waals surface area contributed by atoms with Gasteiger partial charge >= 0.3 is 0 Å². The summed E-state index contributed by atoms with van der Waals surface area (Å²) < 4.78 is 2.03. The summed E-state index contributed by atoms with van der Waals surface area (Å²) in [5.41, 5.74) is 2.53. The van der Waals surface area contributed by atoms with Crippen LogP contribution in [-0.4, -0.2) is 21.1 Å². The first kappa shape index (κ1) is 11.5. The molecule has 0 radical (unpaired) electrons. The first-order chi connectivity index (χ1) is 8.68. The average Bonchev–Trinajstić information content (AvgIpc) is 2.96. The molecule has 2 heterocycles. The minimum absolute atomic E-state index is 0.429. The van der Waals surface area contributed by atoms with Crippen LogP contribution in [0.1, 0.15) is 32.6 Å². The second-order valence-electron chi connectivity index (χ2n) is 5.75. The van der Waals surface area contributed by atoms with Crippen LogP contribution in [0.2, 0.25) is 0 Å². The number of aromatic nitrogens is 3. The Hall–Kier alpha value is -1.58. The molecular weight excluding hydrogens is 224 g/mol. The van der Waals surface area contributed by atoms with E-state index in [9.17, 15) is 0 Å². The number of hydrogen-bond acceptors (Lipinski definition) is 3. The van der Waals surface area contributed by atoms with Gasteiger partial charge in [0.05, 0.1) is 11.8 Å². The summed E-state index contributed by atoms with van der Waals surface area (Å²) in [4.78, 5) is 8.85. The smallest absolute Gasteiger partial charge is 0.154 e. The maximum absolute atomic E-state index is 4.43. The highest BCUT2D eigenvalue weighted by molar-refractivity contribution is 5.85. The summed E-state index contributed by atoms with van der Waals surface area (Å²) in [6.45, 7) is 3.36. The van der Waals surface area contributed by atoms with Gasteiger partial charge in [0, 0.05) is 19.8 Å². The van der Waals surface area contributed by atoms with E-state index in [0.717, 1.165) is 23.4 Å². The zero-order valence-electron chi connectivity index (χ0n) is 11.1. The van der Waals surface area contributed by atoms with E-state index in [-0.39, 0.29) is 0 Å². The highest BCUT2D eigenvalue weighted by atomic mass is 15.1. The molecule has 1 aliphatic carbocycles. The number of pyridine rings is 1. The van der Waals surface area contributed by atoms with Crippen LogP contribution in [-0.2, 0) is 7.05 Å². The lowest BCUT2D eigenvalue weighted by atomic mass is 9.89. The number of nitrogens with zero attached hydrogens (tertiary/aromatic N) is 3. The number of nitrogens with one attached hydrogen (secondary N) is 1. The van der Waals surface area contributed by atoms with Crippen LogP contribution in [0.3, 0.4) is 0 Å². The van der Waals surface area contributed by atoms with Crippen LogP contribution in [0.15, 0.2) is 18.6 Å². The molecule has 3 rings (SSSR count). The first-order valence-corrected chi connectivity index (χ1v) is 6.68. The Morgan fingerprint density at radius 3 is 2.89 bits per heavy atom. The predicted molar refractivity (Wildman–Crippen MR) is 73.6 cm³/mol. The van der Waals surface area contributed by atoms with Crippen molar-refractivity contribution in [2.75, 3.05) is 11.9 Å². The third-order valence-corrected chi connectivity index (χ3v) is 4.14. The molecule has 4 nitrogen and oxygen atoms in total. The normalized spacial score (nSPS) is 18.3. The third-order valence-electron chi connectivity index (χ3n) is 4.14. The molecule has 1 fully saturated rings. The molecule has 0 saturated heterocycles. The predicted octanol–water partition coefficient (Wildman–Crippen LogP) is 2.96. The minimum Gasteiger partial charge on any atom is -0.368 e. The maximum Gasteiger partial charge on any atom is 0.154 e. The van der Waals surface area contributed by atoms with Crippen molar-refractivity contribution in [2.45, 2.75) is 32.6 Å². The summed E-state index contributed by atoms with van der Waals surface area (Å²) in [7, 11) is 2.01. The number of aryl methyl sites for hydroxylation is 1. The standard InChI is InChI=1S/C14H20N4/c1-14(6-3-4-7-14)9-16-13-12-11(5-8-15-13)18(2)10-17-12/h5,8,10H,3-4,6-7,9H2,1-2H3,(H,15,16). The number of hydrogen-bond donors (Lipinski definition) is 1. The van der Waals surface area contributed by atoms with E-state index in [0.29, 0.717) is 5.41 Å². The van der Waals surface area contributed by atoms with E-state index in [1.54, 1.807) is 0 Å². The Bertz CT molecular complexity index is 552. The molecule has 0 aliphatic heterocycles. The molecule has 0 bridgehead atoms. The number of imidazole rings is 1. The van der Waals surface area contributed by atoms with E-state index in [1.165, 1.54) is 25.7 Å². The lowest BCUT2D eigenvalue weighted by Gasteiger charge is -2.24. The van der Waals surface area contributed by atoms with Crippen LogP contribution in [0.5, 0.6) is 0 Å². The molecule has 2 aromatic heterocycles. The van der Waals surface area contributed by atoms with Gasteiger partial charge in [-0.2, -0.15) is 0 Å². The molecule has 0 unspecified atom stereocenters. The van der Waals surface area contributed by atoms with Crippen molar-refractivity contribution in [1.82, 2.24) is 14.5 Å². The average molecular weight is 244 g/mol. The number of anilines is 1. The second-order valence-corrected chi connectivity index (χ2v) is 5.75. The topological polar surface area (TPSA) is 42.7 Å². The van der Waals surface area contributed by atoms with Crippen LogP contribution in [0.4, 0.5) is 5.82 Å². The summed E-state index contributed by atoms with van der Waals surface area (Å²) in [5.74, 6) is 0.918. The van der Waals surface area contributed by atoms with Crippen molar-refractivity contribution in [1.29, 1.82) is 0 Å². The molecule has 1 N–H and O–H groups in total. The van der Waals surface area contributed by atoms with Crippen molar-refractivity contribution in [2.24, 2.45) is 12.5 Å². The van der Waals surface area contributed by atoms with E-state index >= 15 is 0 Å². The molecule has 0 amide bonds. The monoisotopic (exact) mass is 244 g/mol. The maximum atomic E-state index is 4.43. The van der Waals surface area contributed by atoms with Gasteiger partial charge in [0.15, 0.2) is 5.82 Å². The molecule has 0 aromatic carbocycles. The lowest BCUT2D eigenvalue weighted by Crippen LogP contribution is -2.23. The highest BCUT2D eigenvalue weighted by Crippen LogP contribution is 2.37. The van der Waals surface area contributed by atoms with E-state index in [4.69, 9.17) is 0 Å². The molecule has 4 heteroatoms. The van der Waals surface area contributed by atoms with Gasteiger partial charge in [0.2, 0.25) is 0 Å². The van der Waals surface area contributed by atoms with E-state index in [1.807, 2.05) is 30.2 Å². The van der Waals surface area contributed by atoms with Gasteiger partial charge in [0.25, 0.3) is 0 Å². The third kappa shape index (κ3) is 1.96. The van der Waals surface area contributed by atoms with Crippen molar-refractivity contribution >= 4 is 16.9 Å². The Kier molecular flexibility index (Phi) is 2.73. The van der Waals surface area contributed by atoms with E-state index in [2.05, 4.69) is 22.2 Å². The van der Waals surface area contributed by atoms with Gasteiger partial charge in [-0.15, -0.1) is 0 Å². The first-order valence-electron chi connectivity index (χ1n) is 6.68.